The van der Waals surface area contributed by atoms with Crippen LogP contribution in [0.25, 0.3) is 0 Å². The highest BCUT2D eigenvalue weighted by Crippen LogP contribution is 1.73. The zero-order chi connectivity index (χ0) is 6.24. The van der Waals surface area contributed by atoms with E-state index >= 15 is 0 Å². The highest BCUT2D eigenvalue weighted by molar-refractivity contribution is 5.65. The summed E-state index contributed by atoms with van der Waals surface area (Å²) in [5.41, 5.74) is 0. The van der Waals surface area contributed by atoms with Crippen LogP contribution in [0.2, 0.25) is 0 Å². The van der Waals surface area contributed by atoms with E-state index in [9.17, 15) is 4.79 Å². The minimum Gasteiger partial charge on any atom is -0.498 e. The third-order valence-corrected chi connectivity index (χ3v) is 0.496. The number of carbonyl (C=O) groups excluding carboxylic acids is 1. The lowest BCUT2D eigenvalue weighted by atomic mass is 10.5. The van der Waals surface area contributed by atoms with E-state index in [-0.39, 0.29) is 0 Å². The first-order valence-corrected chi connectivity index (χ1v) is 2.17. The summed E-state index contributed by atoms with van der Waals surface area (Å²) in [6.07, 6.45) is 5.70. The van der Waals surface area contributed by atoms with Crippen molar-refractivity contribution in [2.75, 3.05) is 6.61 Å². The number of hydrogen-bond donors (Lipinski definition) is 0. The smallest absolute Gasteiger partial charge is 0.225 e. The van der Waals surface area contributed by atoms with Crippen LogP contribution in [0.15, 0.2) is 25.0 Å². The van der Waals surface area contributed by atoms with Crippen LogP contribution in [0, 0.1) is 0 Å². The summed E-state index contributed by atoms with van der Waals surface area (Å²) in [4.78, 5) is 9.47. The molecule has 0 saturated heterocycles. The summed E-state index contributed by atoms with van der Waals surface area (Å²) < 4.78 is 4.63. The van der Waals surface area contributed by atoms with Crippen LogP contribution in [0.4, 0.5) is 0 Å². The Morgan fingerprint density at radius 3 is 3.00 bits per heavy atom. The fraction of sp³-hybridized carbons (Fsp3) is 0.167. The molecule has 43 valence electrons. The van der Waals surface area contributed by atoms with E-state index in [1.54, 1.807) is 12.4 Å². The van der Waals surface area contributed by atoms with E-state index < -0.39 is 0 Å². The molecule has 0 aromatic rings. The van der Waals surface area contributed by atoms with Crippen LogP contribution in [0.3, 0.4) is 0 Å². The summed E-state index contributed by atoms with van der Waals surface area (Å²) in [6, 6.07) is 0. The SMILES string of the molecule is C=COCC=C[C]=O. The van der Waals surface area contributed by atoms with Gasteiger partial charge in [-0.3, -0.25) is 4.79 Å². The van der Waals surface area contributed by atoms with Gasteiger partial charge in [-0.15, -0.1) is 0 Å². The maximum absolute atomic E-state index is 9.47. The molecule has 0 amide bonds. The molecule has 0 aliphatic heterocycles. The summed E-state index contributed by atoms with van der Waals surface area (Å²) in [6.45, 7) is 3.69. The Labute approximate surface area is 48.5 Å². The van der Waals surface area contributed by atoms with Crippen molar-refractivity contribution in [1.29, 1.82) is 0 Å². The molecular formula is C6H7O2. The fourth-order valence-corrected chi connectivity index (χ4v) is 0.220. The van der Waals surface area contributed by atoms with Crippen LogP contribution in [0.5, 0.6) is 0 Å². The molecule has 0 aromatic carbocycles. The van der Waals surface area contributed by atoms with Crippen molar-refractivity contribution >= 4 is 6.29 Å². The molecule has 0 saturated carbocycles. The van der Waals surface area contributed by atoms with Gasteiger partial charge in [0, 0.05) is 0 Å². The molecule has 2 heteroatoms. The van der Waals surface area contributed by atoms with Crippen LogP contribution >= 0.6 is 0 Å². The molecule has 2 nitrogen and oxygen atoms in total. The van der Waals surface area contributed by atoms with Gasteiger partial charge in [0.2, 0.25) is 6.29 Å². The topological polar surface area (TPSA) is 26.3 Å². The third kappa shape index (κ3) is 4.95. The Kier molecular flexibility index (Phi) is 5.17. The first-order valence-electron chi connectivity index (χ1n) is 2.17. The van der Waals surface area contributed by atoms with Crippen LogP contribution in [0.1, 0.15) is 0 Å². The number of hydrogen-bond acceptors (Lipinski definition) is 2. The van der Waals surface area contributed by atoms with Crippen molar-refractivity contribution in [2.24, 2.45) is 0 Å². The second-order valence-electron chi connectivity index (χ2n) is 1.02. The van der Waals surface area contributed by atoms with Gasteiger partial charge in [0.25, 0.3) is 0 Å². The van der Waals surface area contributed by atoms with E-state index in [0.29, 0.717) is 6.61 Å². The molecule has 0 bridgehead atoms. The number of rotatable bonds is 4. The Balaban J connectivity index is 3.02. The Morgan fingerprint density at radius 2 is 2.50 bits per heavy atom. The van der Waals surface area contributed by atoms with Crippen LogP contribution in [-0.2, 0) is 9.53 Å². The monoisotopic (exact) mass is 111 g/mol. The average Bonchev–Trinajstić information content (AvgIpc) is 1.81. The number of allylic oxidation sites excluding steroid dienone is 1. The van der Waals surface area contributed by atoms with Crippen LogP contribution in [-0.4, -0.2) is 12.9 Å². The lowest BCUT2D eigenvalue weighted by molar-refractivity contribution is 0.291. The minimum absolute atomic E-state index is 0.388. The molecule has 0 unspecified atom stereocenters. The first kappa shape index (κ1) is 6.95. The Bertz CT molecular complexity index is 94.7. The molecular weight excluding hydrogens is 104 g/mol. The zero-order valence-electron chi connectivity index (χ0n) is 4.46. The lowest BCUT2D eigenvalue weighted by Gasteiger charge is -1.87. The molecule has 1 radical (unpaired) electrons. The van der Waals surface area contributed by atoms with Crippen molar-refractivity contribution in [3.05, 3.63) is 25.0 Å². The van der Waals surface area contributed by atoms with E-state index in [0.717, 1.165) is 0 Å². The lowest BCUT2D eigenvalue weighted by Crippen LogP contribution is -1.78. The van der Waals surface area contributed by atoms with Gasteiger partial charge in [-0.1, -0.05) is 6.58 Å². The van der Waals surface area contributed by atoms with Gasteiger partial charge in [-0.25, -0.2) is 0 Å². The molecule has 0 rings (SSSR count). The van der Waals surface area contributed by atoms with Crippen molar-refractivity contribution < 1.29 is 9.53 Å². The van der Waals surface area contributed by atoms with Gasteiger partial charge < -0.3 is 4.74 Å². The number of ether oxygens (including phenoxy) is 1. The standard InChI is InChI=1S/C6H7O2/c1-2-8-6-4-3-5-7/h2-4H,1,6H2. The highest BCUT2D eigenvalue weighted by atomic mass is 16.5. The summed E-state index contributed by atoms with van der Waals surface area (Å²) in [7, 11) is 0. The first-order chi connectivity index (χ1) is 3.91. The normalized spacial score (nSPS) is 9.00. The van der Waals surface area contributed by atoms with Crippen molar-refractivity contribution in [2.45, 2.75) is 0 Å². The predicted molar refractivity (Wildman–Crippen MR) is 31.0 cm³/mol. The molecule has 8 heavy (non-hydrogen) atoms. The second kappa shape index (κ2) is 5.95. The highest BCUT2D eigenvalue weighted by Gasteiger charge is 1.69. The van der Waals surface area contributed by atoms with Gasteiger partial charge in [-0.05, 0) is 12.2 Å². The fourth-order valence-electron chi connectivity index (χ4n) is 0.220. The molecule has 0 atom stereocenters. The van der Waals surface area contributed by atoms with Crippen molar-refractivity contribution in [3.63, 3.8) is 0 Å². The maximum Gasteiger partial charge on any atom is 0.225 e. The molecule has 0 aliphatic carbocycles. The van der Waals surface area contributed by atoms with Crippen molar-refractivity contribution in [3.8, 4) is 0 Å². The van der Waals surface area contributed by atoms with Gasteiger partial charge in [0.05, 0.1) is 6.26 Å². The Morgan fingerprint density at radius 1 is 1.75 bits per heavy atom. The second-order valence-corrected chi connectivity index (χ2v) is 1.02. The van der Waals surface area contributed by atoms with Gasteiger partial charge in [0.15, 0.2) is 0 Å². The minimum atomic E-state index is 0.388. The summed E-state index contributed by atoms with van der Waals surface area (Å²) in [5.74, 6) is 0. The van der Waals surface area contributed by atoms with E-state index in [4.69, 9.17) is 0 Å². The van der Waals surface area contributed by atoms with E-state index in [2.05, 4.69) is 11.3 Å². The zero-order valence-corrected chi connectivity index (χ0v) is 4.46. The van der Waals surface area contributed by atoms with Gasteiger partial charge in [0.1, 0.15) is 6.61 Å². The Hall–Kier alpha value is -1.05. The van der Waals surface area contributed by atoms with E-state index in [1.807, 2.05) is 0 Å². The molecule has 0 fully saturated rings. The van der Waals surface area contributed by atoms with E-state index in [1.165, 1.54) is 12.3 Å². The van der Waals surface area contributed by atoms with Crippen LogP contribution < -0.4 is 0 Å². The third-order valence-electron chi connectivity index (χ3n) is 0.496. The molecule has 0 spiro atoms. The molecule has 0 N–H and O–H groups in total. The average molecular weight is 111 g/mol. The molecule has 0 aromatic heterocycles. The summed E-state index contributed by atoms with van der Waals surface area (Å²) in [5, 5.41) is 0. The molecule has 0 aliphatic rings. The largest absolute Gasteiger partial charge is 0.498 e. The maximum atomic E-state index is 9.47. The quantitative estimate of drug-likeness (QED) is 0.305. The van der Waals surface area contributed by atoms with Gasteiger partial charge >= 0.3 is 0 Å². The summed E-state index contributed by atoms with van der Waals surface area (Å²) >= 11 is 0. The van der Waals surface area contributed by atoms with Gasteiger partial charge in [-0.2, -0.15) is 0 Å². The molecule has 0 heterocycles. The predicted octanol–water partition coefficient (Wildman–Crippen LogP) is 0.812. The van der Waals surface area contributed by atoms with Crippen molar-refractivity contribution in [1.82, 2.24) is 0 Å².